The Morgan fingerprint density at radius 3 is 2.38 bits per heavy atom. The molecule has 1 aliphatic carbocycles. The highest BCUT2D eigenvalue weighted by Crippen LogP contribution is 2.60. The molecule has 1 aromatic rings. The van der Waals surface area contributed by atoms with Gasteiger partial charge in [-0.1, -0.05) is 31.5 Å². The number of anilines is 1. The molecule has 0 aliphatic heterocycles. The maximum atomic E-state index is 11.8. The molecule has 1 fully saturated rings. The van der Waals surface area contributed by atoms with Crippen LogP contribution < -0.4 is 11.1 Å². The highest BCUT2D eigenvalue weighted by Gasteiger charge is 2.59. The molecule has 0 spiro atoms. The fourth-order valence-corrected chi connectivity index (χ4v) is 2.68. The minimum atomic E-state index is -0.546. The van der Waals surface area contributed by atoms with E-state index in [0.717, 1.165) is 12.0 Å². The molecule has 5 heteroatoms. The summed E-state index contributed by atoms with van der Waals surface area (Å²) in [7, 11) is 0. The van der Waals surface area contributed by atoms with Crippen molar-refractivity contribution in [1.29, 1.82) is 0 Å². The topological polar surface area (TPSA) is 64.3 Å². The molecule has 0 aromatic heterocycles. The number of halogens is 1. The Hall–Kier alpha value is -1.26. The standard InChI is InChI=1S/C16H23ClN2O2/c1-14(2,3)21-13(20)19-12-7-6-10(8-11(12)17)16(18)9-15(16,4)5/h6-8H,9,18H2,1-5H3,(H,19,20). The molecule has 1 aliphatic rings. The Morgan fingerprint density at radius 1 is 1.38 bits per heavy atom. The molecule has 0 radical (unpaired) electrons. The molecule has 21 heavy (non-hydrogen) atoms. The first-order valence-electron chi connectivity index (χ1n) is 7.04. The van der Waals surface area contributed by atoms with Gasteiger partial charge in [-0.25, -0.2) is 4.79 Å². The number of nitrogens with two attached hydrogens (primary N) is 1. The van der Waals surface area contributed by atoms with E-state index in [-0.39, 0.29) is 11.0 Å². The van der Waals surface area contributed by atoms with Crippen LogP contribution in [0.25, 0.3) is 0 Å². The van der Waals surface area contributed by atoms with E-state index in [1.54, 1.807) is 6.07 Å². The summed E-state index contributed by atoms with van der Waals surface area (Å²) in [5.41, 5.74) is 7.10. The lowest BCUT2D eigenvalue weighted by Crippen LogP contribution is -2.27. The van der Waals surface area contributed by atoms with Gasteiger partial charge in [-0.3, -0.25) is 5.32 Å². The first-order chi connectivity index (χ1) is 9.45. The van der Waals surface area contributed by atoms with Gasteiger partial charge in [0.05, 0.1) is 10.7 Å². The lowest BCUT2D eigenvalue weighted by atomic mass is 9.97. The van der Waals surface area contributed by atoms with Crippen LogP contribution in [0.1, 0.15) is 46.6 Å². The average Bonchev–Trinajstić information content (AvgIpc) is 2.79. The third kappa shape index (κ3) is 3.33. The highest BCUT2D eigenvalue weighted by molar-refractivity contribution is 6.33. The van der Waals surface area contributed by atoms with Gasteiger partial charge < -0.3 is 10.5 Å². The minimum absolute atomic E-state index is 0.0798. The Bertz CT molecular complexity index is 578. The predicted molar refractivity (Wildman–Crippen MR) is 85.6 cm³/mol. The number of carbonyl (C=O) groups excluding carboxylic acids is 1. The lowest BCUT2D eigenvalue weighted by molar-refractivity contribution is 0.0636. The molecule has 2 rings (SSSR count). The third-order valence-corrected chi connectivity index (χ3v) is 4.24. The zero-order valence-electron chi connectivity index (χ0n) is 13.2. The first kappa shape index (κ1) is 16.1. The molecule has 0 heterocycles. The minimum Gasteiger partial charge on any atom is -0.444 e. The normalized spacial score (nSPS) is 23.6. The highest BCUT2D eigenvalue weighted by atomic mass is 35.5. The average molecular weight is 311 g/mol. The Balaban J connectivity index is 2.12. The van der Waals surface area contributed by atoms with Crippen LogP contribution in [0.4, 0.5) is 10.5 Å². The van der Waals surface area contributed by atoms with Gasteiger partial charge >= 0.3 is 6.09 Å². The Labute approximate surface area is 131 Å². The number of hydrogen-bond donors (Lipinski definition) is 2. The van der Waals surface area contributed by atoms with Crippen LogP contribution in [-0.4, -0.2) is 11.7 Å². The molecule has 1 aromatic carbocycles. The van der Waals surface area contributed by atoms with Crippen molar-refractivity contribution < 1.29 is 9.53 Å². The molecule has 0 bridgehead atoms. The van der Waals surface area contributed by atoms with Crippen molar-refractivity contribution in [2.75, 3.05) is 5.32 Å². The Morgan fingerprint density at radius 2 is 1.95 bits per heavy atom. The molecular formula is C16H23ClN2O2. The van der Waals surface area contributed by atoms with E-state index < -0.39 is 11.7 Å². The zero-order chi connectivity index (χ0) is 16.1. The molecule has 0 saturated heterocycles. The second-order valence-electron chi connectivity index (χ2n) is 7.35. The fraction of sp³-hybridized carbons (Fsp3) is 0.562. The smallest absolute Gasteiger partial charge is 0.412 e. The second-order valence-corrected chi connectivity index (χ2v) is 7.76. The lowest BCUT2D eigenvalue weighted by Gasteiger charge is -2.20. The largest absolute Gasteiger partial charge is 0.444 e. The van der Waals surface area contributed by atoms with Crippen molar-refractivity contribution in [3.63, 3.8) is 0 Å². The molecule has 1 saturated carbocycles. The van der Waals surface area contributed by atoms with E-state index in [9.17, 15) is 4.79 Å². The van der Waals surface area contributed by atoms with Gasteiger partial charge in [0.2, 0.25) is 0 Å². The van der Waals surface area contributed by atoms with E-state index in [4.69, 9.17) is 22.1 Å². The van der Waals surface area contributed by atoms with Crippen molar-refractivity contribution in [2.24, 2.45) is 11.1 Å². The molecule has 1 amide bonds. The van der Waals surface area contributed by atoms with Crippen LogP contribution in [0.2, 0.25) is 5.02 Å². The van der Waals surface area contributed by atoms with E-state index in [0.29, 0.717) is 10.7 Å². The monoisotopic (exact) mass is 310 g/mol. The maximum absolute atomic E-state index is 11.8. The summed E-state index contributed by atoms with van der Waals surface area (Å²) in [4.78, 5) is 11.8. The van der Waals surface area contributed by atoms with Crippen LogP contribution in [-0.2, 0) is 10.3 Å². The molecule has 1 atom stereocenters. The summed E-state index contributed by atoms with van der Waals surface area (Å²) >= 11 is 6.25. The van der Waals surface area contributed by atoms with Crippen LogP contribution in [0.15, 0.2) is 18.2 Å². The van der Waals surface area contributed by atoms with Crippen molar-refractivity contribution in [1.82, 2.24) is 0 Å². The first-order valence-corrected chi connectivity index (χ1v) is 7.41. The summed E-state index contributed by atoms with van der Waals surface area (Å²) in [6, 6.07) is 5.50. The van der Waals surface area contributed by atoms with Gasteiger partial charge in [-0.05, 0) is 50.3 Å². The van der Waals surface area contributed by atoms with E-state index in [1.807, 2.05) is 32.9 Å². The van der Waals surface area contributed by atoms with Crippen LogP contribution in [0, 0.1) is 5.41 Å². The summed E-state index contributed by atoms with van der Waals surface area (Å²) in [6.45, 7) is 9.70. The molecule has 1 unspecified atom stereocenters. The van der Waals surface area contributed by atoms with Gasteiger partial charge in [-0.2, -0.15) is 0 Å². The summed E-state index contributed by atoms with van der Waals surface area (Å²) in [5.74, 6) is 0. The maximum Gasteiger partial charge on any atom is 0.412 e. The number of hydrogen-bond acceptors (Lipinski definition) is 3. The van der Waals surface area contributed by atoms with E-state index >= 15 is 0 Å². The zero-order valence-corrected chi connectivity index (χ0v) is 14.0. The second kappa shape index (κ2) is 4.89. The summed E-state index contributed by atoms with van der Waals surface area (Å²) in [6.07, 6.45) is 0.404. The van der Waals surface area contributed by atoms with E-state index in [1.165, 1.54) is 0 Å². The van der Waals surface area contributed by atoms with Gasteiger partial charge in [-0.15, -0.1) is 0 Å². The molecule has 4 nitrogen and oxygen atoms in total. The molecular weight excluding hydrogens is 288 g/mol. The van der Waals surface area contributed by atoms with Crippen molar-refractivity contribution in [2.45, 2.75) is 52.2 Å². The van der Waals surface area contributed by atoms with Crippen LogP contribution in [0.3, 0.4) is 0 Å². The van der Waals surface area contributed by atoms with Crippen molar-refractivity contribution >= 4 is 23.4 Å². The van der Waals surface area contributed by atoms with Crippen molar-refractivity contribution in [3.8, 4) is 0 Å². The van der Waals surface area contributed by atoms with Crippen LogP contribution in [0.5, 0.6) is 0 Å². The van der Waals surface area contributed by atoms with Gasteiger partial charge in [0.15, 0.2) is 0 Å². The Kier molecular flexibility index (Phi) is 3.75. The fourth-order valence-electron chi connectivity index (χ4n) is 2.45. The van der Waals surface area contributed by atoms with Crippen molar-refractivity contribution in [3.05, 3.63) is 28.8 Å². The SMILES string of the molecule is CC(C)(C)OC(=O)Nc1ccc(C2(N)CC2(C)C)cc1Cl. The quantitative estimate of drug-likeness (QED) is 0.857. The number of amides is 1. The number of nitrogens with one attached hydrogen (secondary N) is 1. The third-order valence-electron chi connectivity index (χ3n) is 3.92. The van der Waals surface area contributed by atoms with E-state index in [2.05, 4.69) is 19.2 Å². The summed E-state index contributed by atoms with van der Waals surface area (Å²) in [5, 5.41) is 3.12. The number of carbonyl (C=O) groups is 1. The van der Waals surface area contributed by atoms with Gasteiger partial charge in [0, 0.05) is 5.54 Å². The number of benzene rings is 1. The predicted octanol–water partition coefficient (Wildman–Crippen LogP) is 4.27. The number of ether oxygens (including phenoxy) is 1. The molecule has 116 valence electrons. The van der Waals surface area contributed by atoms with Gasteiger partial charge in [0.25, 0.3) is 0 Å². The summed E-state index contributed by atoms with van der Waals surface area (Å²) < 4.78 is 5.21. The van der Waals surface area contributed by atoms with Crippen LogP contribution >= 0.6 is 11.6 Å². The number of rotatable bonds is 2. The molecule has 3 N–H and O–H groups in total. The van der Waals surface area contributed by atoms with Gasteiger partial charge in [0.1, 0.15) is 5.60 Å².